The number of carbonyl (C=O) groups is 2. The molecular formula is C15H17N5O4S. The molecule has 1 heterocycles. The summed E-state index contributed by atoms with van der Waals surface area (Å²) in [4.78, 5) is 31.4. The van der Waals surface area contributed by atoms with Crippen LogP contribution < -0.4 is 21.1 Å². The van der Waals surface area contributed by atoms with Crippen molar-refractivity contribution in [1.82, 2.24) is 9.97 Å². The number of nitrogens with two attached hydrogens (primary N) is 1. The van der Waals surface area contributed by atoms with Crippen LogP contribution >= 0.6 is 11.8 Å². The Kier molecular flexibility index (Phi) is 6.40. The minimum absolute atomic E-state index is 0.0345. The van der Waals surface area contributed by atoms with Crippen LogP contribution in [0.3, 0.4) is 0 Å². The van der Waals surface area contributed by atoms with Gasteiger partial charge in [-0.15, -0.1) is 0 Å². The van der Waals surface area contributed by atoms with E-state index in [4.69, 9.17) is 10.5 Å². The van der Waals surface area contributed by atoms with E-state index in [1.807, 2.05) is 0 Å². The van der Waals surface area contributed by atoms with Gasteiger partial charge in [0.05, 0.1) is 25.7 Å². The number of carbonyl (C=O) groups excluding carboxylic acids is 2. The number of ether oxygens (including phenoxy) is 2. The second-order valence-electron chi connectivity index (χ2n) is 4.60. The van der Waals surface area contributed by atoms with Crippen molar-refractivity contribution in [2.45, 2.75) is 5.16 Å². The van der Waals surface area contributed by atoms with E-state index in [0.29, 0.717) is 11.4 Å². The minimum Gasteiger partial charge on any atom is -0.495 e. The molecule has 2 aromatic rings. The number of rotatable bonds is 6. The zero-order valence-electron chi connectivity index (χ0n) is 13.6. The first kappa shape index (κ1) is 18.3. The van der Waals surface area contributed by atoms with Crippen LogP contribution in [0.4, 0.5) is 22.1 Å². The second-order valence-corrected chi connectivity index (χ2v) is 5.55. The number of anilines is 3. The third-order valence-corrected chi connectivity index (χ3v) is 3.69. The Balaban J connectivity index is 2.05. The number of nitrogen functional groups attached to an aromatic ring is 1. The van der Waals surface area contributed by atoms with E-state index in [-0.39, 0.29) is 22.5 Å². The number of nitrogens with one attached hydrogen (secondary N) is 2. The molecule has 0 aliphatic carbocycles. The maximum atomic E-state index is 12.1. The van der Waals surface area contributed by atoms with Gasteiger partial charge in [-0.3, -0.25) is 10.1 Å². The summed E-state index contributed by atoms with van der Waals surface area (Å²) in [7, 11) is 2.80. The van der Waals surface area contributed by atoms with Gasteiger partial charge in [-0.2, -0.15) is 0 Å². The maximum absolute atomic E-state index is 12.1. The van der Waals surface area contributed by atoms with Gasteiger partial charge in [-0.1, -0.05) is 23.9 Å². The summed E-state index contributed by atoms with van der Waals surface area (Å²) in [6, 6.07) is 7.86. The third-order valence-electron chi connectivity index (χ3n) is 2.87. The normalized spacial score (nSPS) is 10.0. The Labute approximate surface area is 148 Å². The summed E-state index contributed by atoms with van der Waals surface area (Å²) < 4.78 is 9.71. The van der Waals surface area contributed by atoms with Gasteiger partial charge in [-0.25, -0.2) is 14.8 Å². The molecule has 2 amide bonds. The molecule has 0 saturated heterocycles. The number of hydrogen-bond donors (Lipinski definition) is 3. The van der Waals surface area contributed by atoms with E-state index in [2.05, 4.69) is 25.3 Å². The van der Waals surface area contributed by atoms with Crippen LogP contribution in [0.2, 0.25) is 0 Å². The van der Waals surface area contributed by atoms with Crippen LogP contribution in [0.1, 0.15) is 0 Å². The molecule has 1 aromatic carbocycles. The Morgan fingerprint density at radius 3 is 2.68 bits per heavy atom. The van der Waals surface area contributed by atoms with Crippen LogP contribution in [-0.2, 0) is 9.53 Å². The van der Waals surface area contributed by atoms with E-state index in [1.165, 1.54) is 20.3 Å². The fraction of sp³-hybridized carbons (Fsp3) is 0.200. The standard InChI is InChI=1S/C15H17N5O4S/c1-23-10-6-4-3-5-9(10)17-14(22)19-12-7-11(16)18-15(20-12)25-8-13(21)24-2/h3-7H,8H2,1-2H3,(H4,16,17,18,19,20,22). The Morgan fingerprint density at radius 1 is 1.20 bits per heavy atom. The molecule has 0 radical (unpaired) electrons. The molecule has 0 bridgehead atoms. The largest absolute Gasteiger partial charge is 0.495 e. The van der Waals surface area contributed by atoms with Crippen molar-refractivity contribution in [2.24, 2.45) is 0 Å². The molecule has 0 fully saturated rings. The molecule has 0 aliphatic rings. The number of methoxy groups -OCH3 is 2. The first-order valence-corrected chi connectivity index (χ1v) is 8.05. The molecule has 25 heavy (non-hydrogen) atoms. The highest BCUT2D eigenvalue weighted by molar-refractivity contribution is 7.99. The van der Waals surface area contributed by atoms with Crippen LogP contribution in [0.5, 0.6) is 5.75 Å². The summed E-state index contributed by atoms with van der Waals surface area (Å²) >= 11 is 1.05. The molecule has 0 atom stereocenters. The fourth-order valence-corrected chi connectivity index (χ4v) is 2.47. The number of hydrogen-bond acceptors (Lipinski definition) is 8. The van der Waals surface area contributed by atoms with Crippen molar-refractivity contribution >= 4 is 41.1 Å². The Morgan fingerprint density at radius 2 is 1.96 bits per heavy atom. The van der Waals surface area contributed by atoms with Gasteiger partial charge in [0.25, 0.3) is 0 Å². The molecule has 2 rings (SSSR count). The lowest BCUT2D eigenvalue weighted by atomic mass is 10.3. The number of benzene rings is 1. The molecule has 0 unspecified atom stereocenters. The SMILES string of the molecule is COC(=O)CSc1nc(N)cc(NC(=O)Nc2ccccc2OC)n1. The Hall–Kier alpha value is -3.01. The van der Waals surface area contributed by atoms with Gasteiger partial charge >= 0.3 is 12.0 Å². The average Bonchev–Trinajstić information content (AvgIpc) is 2.59. The average molecular weight is 363 g/mol. The van der Waals surface area contributed by atoms with E-state index >= 15 is 0 Å². The topological polar surface area (TPSA) is 128 Å². The lowest BCUT2D eigenvalue weighted by Crippen LogP contribution is -2.21. The number of aromatic nitrogens is 2. The monoisotopic (exact) mass is 363 g/mol. The summed E-state index contributed by atoms with van der Waals surface area (Å²) in [6.07, 6.45) is 0. The highest BCUT2D eigenvalue weighted by Crippen LogP contribution is 2.23. The lowest BCUT2D eigenvalue weighted by molar-refractivity contribution is -0.137. The van der Waals surface area contributed by atoms with Gasteiger partial charge in [0.2, 0.25) is 0 Å². The van der Waals surface area contributed by atoms with Crippen molar-refractivity contribution in [3.63, 3.8) is 0 Å². The molecule has 132 valence electrons. The maximum Gasteiger partial charge on any atom is 0.324 e. The highest BCUT2D eigenvalue weighted by atomic mass is 32.2. The summed E-state index contributed by atoms with van der Waals surface area (Å²) in [5.41, 5.74) is 6.20. The quantitative estimate of drug-likeness (QED) is 0.404. The highest BCUT2D eigenvalue weighted by Gasteiger charge is 2.11. The van der Waals surface area contributed by atoms with Gasteiger partial charge in [-0.05, 0) is 12.1 Å². The number of urea groups is 1. The van der Waals surface area contributed by atoms with Crippen LogP contribution in [0.15, 0.2) is 35.5 Å². The number of para-hydroxylation sites is 2. The van der Waals surface area contributed by atoms with Crippen molar-refractivity contribution in [3.05, 3.63) is 30.3 Å². The molecule has 1 aromatic heterocycles. The summed E-state index contributed by atoms with van der Waals surface area (Å²) in [5, 5.41) is 5.46. The fourth-order valence-electron chi connectivity index (χ4n) is 1.77. The number of amides is 2. The van der Waals surface area contributed by atoms with E-state index in [1.54, 1.807) is 24.3 Å². The molecule has 9 nitrogen and oxygen atoms in total. The minimum atomic E-state index is -0.522. The summed E-state index contributed by atoms with van der Waals surface area (Å²) in [6.45, 7) is 0. The third kappa shape index (κ3) is 5.53. The van der Waals surface area contributed by atoms with Gasteiger partial charge in [0.1, 0.15) is 17.4 Å². The predicted octanol–water partition coefficient (Wildman–Crippen LogP) is 1.98. The first-order valence-electron chi connectivity index (χ1n) is 7.07. The van der Waals surface area contributed by atoms with Crippen LogP contribution in [0, 0.1) is 0 Å². The number of nitrogens with zero attached hydrogens (tertiary/aromatic N) is 2. The van der Waals surface area contributed by atoms with Crippen molar-refractivity contribution in [1.29, 1.82) is 0 Å². The Bertz CT molecular complexity index is 771. The van der Waals surface area contributed by atoms with Crippen LogP contribution in [-0.4, -0.2) is 41.9 Å². The molecule has 0 aliphatic heterocycles. The lowest BCUT2D eigenvalue weighted by Gasteiger charge is -2.11. The van der Waals surface area contributed by atoms with Crippen LogP contribution in [0.25, 0.3) is 0 Å². The van der Waals surface area contributed by atoms with Crippen molar-refractivity contribution in [2.75, 3.05) is 36.3 Å². The molecule has 0 spiro atoms. The molecule has 4 N–H and O–H groups in total. The second kappa shape index (κ2) is 8.73. The van der Waals surface area contributed by atoms with Crippen molar-refractivity contribution < 1.29 is 19.1 Å². The number of esters is 1. The van der Waals surface area contributed by atoms with Crippen molar-refractivity contribution in [3.8, 4) is 5.75 Å². The zero-order chi connectivity index (χ0) is 18.2. The first-order chi connectivity index (χ1) is 12.0. The van der Waals surface area contributed by atoms with E-state index < -0.39 is 12.0 Å². The van der Waals surface area contributed by atoms with E-state index in [9.17, 15) is 9.59 Å². The van der Waals surface area contributed by atoms with Gasteiger partial charge in [0.15, 0.2) is 5.16 Å². The molecular weight excluding hydrogens is 346 g/mol. The molecule has 10 heteroatoms. The predicted molar refractivity (Wildman–Crippen MR) is 94.8 cm³/mol. The van der Waals surface area contributed by atoms with Gasteiger partial charge in [0, 0.05) is 6.07 Å². The van der Waals surface area contributed by atoms with Gasteiger partial charge < -0.3 is 20.5 Å². The van der Waals surface area contributed by atoms with E-state index in [0.717, 1.165) is 11.8 Å². The number of thioether (sulfide) groups is 1. The smallest absolute Gasteiger partial charge is 0.324 e. The summed E-state index contributed by atoms with van der Waals surface area (Å²) in [5.74, 6) is 0.503. The zero-order valence-corrected chi connectivity index (χ0v) is 14.4. The molecule has 0 saturated carbocycles.